The molecule has 134 valence electrons. The number of hydrogen-bond acceptors (Lipinski definition) is 5. The van der Waals surface area contributed by atoms with Crippen LogP contribution in [-0.4, -0.2) is 55.3 Å². The largest absolute Gasteiger partial charge is 0.378 e. The number of ether oxygens (including phenoxy) is 1. The minimum absolute atomic E-state index is 0.170. The van der Waals surface area contributed by atoms with Crippen LogP contribution in [0.1, 0.15) is 31.1 Å². The molecular formula is C18H23N3O3S. The van der Waals surface area contributed by atoms with Crippen molar-refractivity contribution in [3.05, 3.63) is 36.3 Å². The Kier molecular flexibility index (Phi) is 4.39. The molecule has 7 heteroatoms. The molecule has 0 spiro atoms. The molecule has 1 aliphatic heterocycles. The van der Waals surface area contributed by atoms with Crippen molar-refractivity contribution < 1.29 is 13.2 Å². The number of aromatic amines is 1. The lowest BCUT2D eigenvalue weighted by molar-refractivity contribution is -0.0494. The number of nitrogens with zero attached hydrogens (tertiary/aromatic N) is 2. The van der Waals surface area contributed by atoms with E-state index in [2.05, 4.69) is 14.9 Å². The highest BCUT2D eigenvalue weighted by atomic mass is 32.2. The summed E-state index contributed by atoms with van der Waals surface area (Å²) in [6, 6.07) is 7.72. The van der Waals surface area contributed by atoms with Crippen molar-refractivity contribution in [1.82, 2.24) is 14.9 Å². The molecule has 1 aromatic heterocycles. The van der Waals surface area contributed by atoms with E-state index in [0.29, 0.717) is 17.5 Å². The first-order valence-electron chi connectivity index (χ1n) is 8.71. The van der Waals surface area contributed by atoms with Crippen molar-refractivity contribution >= 4 is 9.84 Å². The van der Waals surface area contributed by atoms with E-state index in [-0.39, 0.29) is 6.04 Å². The van der Waals surface area contributed by atoms with Gasteiger partial charge in [-0.15, -0.1) is 0 Å². The summed E-state index contributed by atoms with van der Waals surface area (Å²) >= 11 is 0. The molecule has 1 aromatic carbocycles. The Morgan fingerprint density at radius 2 is 2.00 bits per heavy atom. The van der Waals surface area contributed by atoms with E-state index in [1.807, 2.05) is 18.3 Å². The summed E-state index contributed by atoms with van der Waals surface area (Å²) in [4.78, 5) is 10.8. The highest BCUT2D eigenvalue weighted by Gasteiger charge is 2.35. The fourth-order valence-electron chi connectivity index (χ4n) is 3.54. The van der Waals surface area contributed by atoms with Gasteiger partial charge in [0.2, 0.25) is 0 Å². The summed E-state index contributed by atoms with van der Waals surface area (Å²) in [5.74, 6) is 0.925. The Bertz CT molecular complexity index is 841. The van der Waals surface area contributed by atoms with E-state index in [1.54, 1.807) is 12.1 Å². The highest BCUT2D eigenvalue weighted by Crippen LogP contribution is 2.33. The Morgan fingerprint density at radius 1 is 1.24 bits per heavy atom. The summed E-state index contributed by atoms with van der Waals surface area (Å²) < 4.78 is 28.9. The maximum Gasteiger partial charge on any atom is 0.175 e. The van der Waals surface area contributed by atoms with Crippen LogP contribution in [-0.2, 0) is 14.6 Å². The van der Waals surface area contributed by atoms with Crippen molar-refractivity contribution in [3.63, 3.8) is 0 Å². The minimum Gasteiger partial charge on any atom is -0.378 e. The lowest BCUT2D eigenvalue weighted by Crippen LogP contribution is -2.48. The fraction of sp³-hybridized carbons (Fsp3) is 0.500. The second-order valence-corrected chi connectivity index (χ2v) is 8.91. The molecule has 2 heterocycles. The van der Waals surface area contributed by atoms with Crippen LogP contribution in [0.3, 0.4) is 0 Å². The van der Waals surface area contributed by atoms with Crippen molar-refractivity contribution in [2.75, 3.05) is 26.0 Å². The lowest BCUT2D eigenvalue weighted by atomic mass is 9.90. The monoisotopic (exact) mass is 361 g/mol. The Hall–Kier alpha value is -1.70. The predicted octanol–water partition coefficient (Wildman–Crippen LogP) is 2.41. The highest BCUT2D eigenvalue weighted by molar-refractivity contribution is 7.90. The average Bonchev–Trinajstić information content (AvgIpc) is 3.03. The van der Waals surface area contributed by atoms with Gasteiger partial charge in [-0.2, -0.15) is 0 Å². The van der Waals surface area contributed by atoms with Crippen LogP contribution in [0, 0.1) is 0 Å². The van der Waals surface area contributed by atoms with Gasteiger partial charge in [0.15, 0.2) is 9.84 Å². The summed E-state index contributed by atoms with van der Waals surface area (Å²) in [7, 11) is -3.18. The summed E-state index contributed by atoms with van der Waals surface area (Å²) in [5, 5.41) is 0. The van der Waals surface area contributed by atoms with Crippen molar-refractivity contribution in [3.8, 4) is 11.3 Å². The molecule has 1 saturated carbocycles. The third kappa shape index (κ3) is 3.36. The van der Waals surface area contributed by atoms with Gasteiger partial charge < -0.3 is 9.72 Å². The summed E-state index contributed by atoms with van der Waals surface area (Å²) in [5.41, 5.74) is 1.83. The molecule has 1 N–H and O–H groups in total. The molecule has 0 radical (unpaired) electrons. The van der Waals surface area contributed by atoms with E-state index in [1.165, 1.54) is 25.5 Å². The number of aromatic nitrogens is 2. The van der Waals surface area contributed by atoms with Crippen LogP contribution < -0.4 is 0 Å². The Morgan fingerprint density at radius 3 is 2.64 bits per heavy atom. The fourth-order valence-corrected chi connectivity index (χ4v) is 4.17. The summed E-state index contributed by atoms with van der Waals surface area (Å²) in [6.45, 7) is 2.40. The number of hydrogen-bond donors (Lipinski definition) is 1. The third-order valence-electron chi connectivity index (χ3n) is 5.22. The van der Waals surface area contributed by atoms with E-state index in [9.17, 15) is 8.42 Å². The zero-order valence-corrected chi connectivity index (χ0v) is 15.1. The van der Waals surface area contributed by atoms with Crippen molar-refractivity contribution in [1.29, 1.82) is 0 Å². The Labute approximate surface area is 148 Å². The van der Waals surface area contributed by atoms with Gasteiger partial charge in [-0.1, -0.05) is 18.6 Å². The van der Waals surface area contributed by atoms with E-state index >= 15 is 0 Å². The molecule has 0 amide bonds. The average molecular weight is 361 g/mol. The zero-order valence-electron chi connectivity index (χ0n) is 14.3. The van der Waals surface area contributed by atoms with Gasteiger partial charge in [-0.3, -0.25) is 4.90 Å². The SMILES string of the molecule is CS(=O)(=O)c1ccc(-c2cnc(C3COCCN3C3CCC3)[nH]2)cc1. The lowest BCUT2D eigenvalue weighted by Gasteiger charge is -2.44. The molecule has 1 saturated heterocycles. The molecule has 4 rings (SSSR count). The van der Waals surface area contributed by atoms with E-state index in [0.717, 1.165) is 30.2 Å². The van der Waals surface area contributed by atoms with Gasteiger partial charge in [0, 0.05) is 18.8 Å². The first kappa shape index (κ1) is 16.8. The van der Waals surface area contributed by atoms with Crippen LogP contribution in [0.5, 0.6) is 0 Å². The quantitative estimate of drug-likeness (QED) is 0.905. The molecular weight excluding hydrogens is 338 g/mol. The normalized spacial score (nSPS) is 22.7. The van der Waals surface area contributed by atoms with Crippen LogP contribution in [0.2, 0.25) is 0 Å². The minimum atomic E-state index is -3.18. The first-order chi connectivity index (χ1) is 12.0. The first-order valence-corrected chi connectivity index (χ1v) is 10.6. The predicted molar refractivity (Wildman–Crippen MR) is 95.0 cm³/mol. The topological polar surface area (TPSA) is 75.3 Å². The molecule has 2 fully saturated rings. The maximum absolute atomic E-state index is 11.6. The van der Waals surface area contributed by atoms with Gasteiger partial charge in [-0.25, -0.2) is 13.4 Å². The molecule has 2 aliphatic rings. The second-order valence-electron chi connectivity index (χ2n) is 6.89. The summed E-state index contributed by atoms with van der Waals surface area (Å²) in [6.07, 6.45) is 6.87. The number of benzene rings is 1. The Balaban J connectivity index is 1.57. The van der Waals surface area contributed by atoms with Gasteiger partial charge in [-0.05, 0) is 30.5 Å². The zero-order chi connectivity index (χ0) is 17.4. The third-order valence-corrected chi connectivity index (χ3v) is 6.35. The number of nitrogens with one attached hydrogen (secondary N) is 1. The molecule has 25 heavy (non-hydrogen) atoms. The van der Waals surface area contributed by atoms with Crippen LogP contribution in [0.4, 0.5) is 0 Å². The smallest absolute Gasteiger partial charge is 0.175 e. The van der Waals surface area contributed by atoms with Crippen LogP contribution in [0.25, 0.3) is 11.3 Å². The number of morpholine rings is 1. The second kappa shape index (κ2) is 6.55. The molecule has 2 aromatic rings. The molecule has 1 aliphatic carbocycles. The molecule has 1 atom stereocenters. The number of sulfone groups is 1. The molecule has 1 unspecified atom stereocenters. The van der Waals surface area contributed by atoms with Gasteiger partial charge >= 0.3 is 0 Å². The number of H-pyrrole nitrogens is 1. The van der Waals surface area contributed by atoms with E-state index < -0.39 is 9.84 Å². The maximum atomic E-state index is 11.6. The number of rotatable bonds is 4. The van der Waals surface area contributed by atoms with Crippen molar-refractivity contribution in [2.24, 2.45) is 0 Å². The number of imidazole rings is 1. The van der Waals surface area contributed by atoms with Gasteiger partial charge in [0.25, 0.3) is 0 Å². The van der Waals surface area contributed by atoms with Crippen molar-refractivity contribution in [2.45, 2.75) is 36.2 Å². The molecule has 0 bridgehead atoms. The van der Waals surface area contributed by atoms with Crippen LogP contribution >= 0.6 is 0 Å². The standard InChI is InChI=1S/C18H23N3O3S/c1-25(22,23)15-7-5-13(6-8-15)16-11-19-18(20-16)17-12-24-10-9-21(17)14-3-2-4-14/h5-8,11,14,17H,2-4,9-10,12H2,1H3,(H,19,20). The van der Waals surface area contributed by atoms with E-state index in [4.69, 9.17) is 4.74 Å². The molecule has 6 nitrogen and oxygen atoms in total. The van der Waals surface area contributed by atoms with Gasteiger partial charge in [0.1, 0.15) is 5.82 Å². The van der Waals surface area contributed by atoms with Gasteiger partial charge in [0.05, 0.1) is 36.0 Å². The van der Waals surface area contributed by atoms with Crippen LogP contribution in [0.15, 0.2) is 35.4 Å².